The van der Waals surface area contributed by atoms with E-state index in [1.165, 1.54) is 0 Å². The molecule has 1 aromatic rings. The zero-order chi connectivity index (χ0) is 13.2. The number of amides is 1. The van der Waals surface area contributed by atoms with Crippen LogP contribution in [0.25, 0.3) is 0 Å². The van der Waals surface area contributed by atoms with Gasteiger partial charge in [0.2, 0.25) is 6.79 Å². The minimum Gasteiger partial charge on any atom is -0.454 e. The second kappa shape index (κ2) is 5.27. The van der Waals surface area contributed by atoms with E-state index < -0.39 is 0 Å². The highest BCUT2D eigenvalue weighted by molar-refractivity contribution is 6.32. The molecule has 0 radical (unpaired) electrons. The molecule has 0 saturated carbocycles. The molecule has 2 aliphatic heterocycles. The first-order chi connectivity index (χ1) is 9.24. The van der Waals surface area contributed by atoms with Crippen molar-refractivity contribution in [2.75, 3.05) is 19.9 Å². The molecule has 2 aliphatic rings. The Morgan fingerprint density at radius 1 is 1.42 bits per heavy atom. The molecule has 1 amide bonds. The molecule has 0 bridgehead atoms. The number of carbonyl (C=O) groups is 1. The van der Waals surface area contributed by atoms with Crippen molar-refractivity contribution in [3.63, 3.8) is 0 Å². The zero-order valence-electron chi connectivity index (χ0n) is 10.4. The maximum absolute atomic E-state index is 12.2. The number of nitrogens with one attached hydrogen (secondary N) is 2. The van der Waals surface area contributed by atoms with Crippen molar-refractivity contribution >= 4 is 17.5 Å². The Hall–Kier alpha value is -1.46. The molecule has 5 nitrogen and oxygen atoms in total. The van der Waals surface area contributed by atoms with E-state index in [1.807, 2.05) is 0 Å². The second-order valence-corrected chi connectivity index (χ2v) is 5.12. The summed E-state index contributed by atoms with van der Waals surface area (Å²) in [5, 5.41) is 6.66. The van der Waals surface area contributed by atoms with Crippen LogP contribution < -0.4 is 20.1 Å². The molecule has 1 atom stereocenters. The third-order valence-corrected chi connectivity index (χ3v) is 3.60. The van der Waals surface area contributed by atoms with Gasteiger partial charge in [-0.1, -0.05) is 11.6 Å². The summed E-state index contributed by atoms with van der Waals surface area (Å²) in [6, 6.07) is 3.45. The summed E-state index contributed by atoms with van der Waals surface area (Å²) in [7, 11) is 0. The highest BCUT2D eigenvalue weighted by Crippen LogP contribution is 2.39. The fourth-order valence-electron chi connectivity index (χ4n) is 2.34. The first-order valence-corrected chi connectivity index (χ1v) is 6.72. The van der Waals surface area contributed by atoms with E-state index in [0.717, 1.165) is 25.9 Å². The van der Waals surface area contributed by atoms with Crippen molar-refractivity contribution in [2.24, 2.45) is 0 Å². The van der Waals surface area contributed by atoms with Gasteiger partial charge in [-0.3, -0.25) is 4.79 Å². The van der Waals surface area contributed by atoms with E-state index in [9.17, 15) is 4.79 Å². The van der Waals surface area contributed by atoms with Crippen LogP contribution in [-0.4, -0.2) is 31.8 Å². The Morgan fingerprint density at radius 3 is 3.11 bits per heavy atom. The van der Waals surface area contributed by atoms with E-state index in [-0.39, 0.29) is 18.7 Å². The predicted octanol–water partition coefficient (Wildman–Crippen LogP) is 1.55. The molecule has 2 N–H and O–H groups in total. The third-order valence-electron chi connectivity index (χ3n) is 3.32. The van der Waals surface area contributed by atoms with Crippen LogP contribution in [0.5, 0.6) is 11.5 Å². The van der Waals surface area contributed by atoms with Crippen molar-refractivity contribution in [3.05, 3.63) is 22.7 Å². The fourth-order valence-corrected chi connectivity index (χ4v) is 2.61. The van der Waals surface area contributed by atoms with Gasteiger partial charge >= 0.3 is 0 Å². The largest absolute Gasteiger partial charge is 0.454 e. The van der Waals surface area contributed by atoms with E-state index in [4.69, 9.17) is 21.1 Å². The Labute approximate surface area is 116 Å². The summed E-state index contributed by atoms with van der Waals surface area (Å²) in [4.78, 5) is 12.2. The molecule has 1 fully saturated rings. The number of benzene rings is 1. The topological polar surface area (TPSA) is 59.6 Å². The zero-order valence-corrected chi connectivity index (χ0v) is 11.1. The highest BCUT2D eigenvalue weighted by Gasteiger charge is 2.22. The van der Waals surface area contributed by atoms with Crippen molar-refractivity contribution < 1.29 is 14.3 Å². The lowest BCUT2D eigenvalue weighted by molar-refractivity contribution is 0.0930. The number of fused-ring (bicyclic) bond motifs is 1. The summed E-state index contributed by atoms with van der Waals surface area (Å²) >= 11 is 6.06. The summed E-state index contributed by atoms with van der Waals surface area (Å²) in [6.07, 6.45) is 2.07. The number of carbonyl (C=O) groups excluding carboxylic acids is 1. The molecule has 6 heteroatoms. The van der Waals surface area contributed by atoms with Crippen LogP contribution in [0.4, 0.5) is 0 Å². The molecular formula is C13H15ClN2O3. The summed E-state index contributed by atoms with van der Waals surface area (Å²) in [6.45, 7) is 1.97. The molecule has 3 rings (SSSR count). The molecule has 2 heterocycles. The normalized spacial score (nSPS) is 21.2. The van der Waals surface area contributed by atoms with Crippen LogP contribution in [0, 0.1) is 0 Å². The first kappa shape index (κ1) is 12.6. The van der Waals surface area contributed by atoms with Gasteiger partial charge in [0.05, 0.1) is 5.02 Å². The van der Waals surface area contributed by atoms with Gasteiger partial charge in [-0.05, 0) is 31.5 Å². The van der Waals surface area contributed by atoms with E-state index in [2.05, 4.69) is 10.6 Å². The average molecular weight is 283 g/mol. The number of ether oxygens (including phenoxy) is 2. The van der Waals surface area contributed by atoms with Crippen LogP contribution in [0.15, 0.2) is 12.1 Å². The lowest BCUT2D eigenvalue weighted by atomic mass is 10.1. The Morgan fingerprint density at radius 2 is 2.32 bits per heavy atom. The van der Waals surface area contributed by atoms with Crippen LogP contribution in [0.1, 0.15) is 23.2 Å². The Balaban J connectivity index is 1.74. The number of halogens is 1. The fraction of sp³-hybridized carbons (Fsp3) is 0.462. The van der Waals surface area contributed by atoms with Crippen molar-refractivity contribution in [3.8, 4) is 11.5 Å². The minimum atomic E-state index is -0.131. The van der Waals surface area contributed by atoms with E-state index in [1.54, 1.807) is 12.1 Å². The lowest BCUT2D eigenvalue weighted by Gasteiger charge is -2.23. The van der Waals surface area contributed by atoms with Crippen molar-refractivity contribution in [1.82, 2.24) is 10.6 Å². The van der Waals surface area contributed by atoms with E-state index >= 15 is 0 Å². The number of hydrogen-bond acceptors (Lipinski definition) is 4. The summed E-state index contributed by atoms with van der Waals surface area (Å²) < 4.78 is 10.5. The summed E-state index contributed by atoms with van der Waals surface area (Å²) in [5.41, 5.74) is 0.500. The van der Waals surface area contributed by atoms with Gasteiger partial charge in [-0.2, -0.15) is 0 Å². The van der Waals surface area contributed by atoms with Crippen molar-refractivity contribution in [2.45, 2.75) is 18.9 Å². The summed E-state index contributed by atoms with van der Waals surface area (Å²) in [5.74, 6) is 0.908. The van der Waals surface area contributed by atoms with Gasteiger partial charge in [0.15, 0.2) is 11.5 Å². The quantitative estimate of drug-likeness (QED) is 0.864. The maximum Gasteiger partial charge on any atom is 0.251 e. The molecular weight excluding hydrogens is 268 g/mol. The van der Waals surface area contributed by atoms with Gasteiger partial charge in [-0.15, -0.1) is 0 Å². The number of hydrogen-bond donors (Lipinski definition) is 2. The molecule has 0 aromatic heterocycles. The van der Waals surface area contributed by atoms with Crippen LogP contribution in [0.3, 0.4) is 0 Å². The monoisotopic (exact) mass is 282 g/mol. The van der Waals surface area contributed by atoms with Crippen LogP contribution in [-0.2, 0) is 0 Å². The van der Waals surface area contributed by atoms with E-state index in [0.29, 0.717) is 22.1 Å². The molecule has 1 aromatic carbocycles. The van der Waals surface area contributed by atoms with Gasteiger partial charge < -0.3 is 20.1 Å². The standard InChI is InChI=1S/C13H15ClN2O3/c14-10-4-8(5-11-12(10)19-7-18-11)13(17)16-9-2-1-3-15-6-9/h4-5,9,15H,1-3,6-7H2,(H,16,17). The second-order valence-electron chi connectivity index (χ2n) is 4.71. The van der Waals surface area contributed by atoms with Gasteiger partial charge in [-0.25, -0.2) is 0 Å². The molecule has 19 heavy (non-hydrogen) atoms. The molecule has 1 saturated heterocycles. The van der Waals surface area contributed by atoms with Crippen molar-refractivity contribution in [1.29, 1.82) is 0 Å². The smallest absolute Gasteiger partial charge is 0.251 e. The molecule has 1 unspecified atom stereocenters. The average Bonchev–Trinajstić information content (AvgIpc) is 2.88. The van der Waals surface area contributed by atoms with Gasteiger partial charge in [0.25, 0.3) is 5.91 Å². The predicted molar refractivity (Wildman–Crippen MR) is 70.9 cm³/mol. The van der Waals surface area contributed by atoms with Crippen LogP contribution in [0.2, 0.25) is 5.02 Å². The highest BCUT2D eigenvalue weighted by atomic mass is 35.5. The first-order valence-electron chi connectivity index (χ1n) is 6.35. The molecule has 0 spiro atoms. The SMILES string of the molecule is O=C(NC1CCCNC1)c1cc(Cl)c2c(c1)OCO2. The van der Waals surface area contributed by atoms with Crippen LogP contribution >= 0.6 is 11.6 Å². The Kier molecular flexibility index (Phi) is 3.48. The molecule has 102 valence electrons. The Bertz CT molecular complexity index is 501. The minimum absolute atomic E-state index is 0.131. The maximum atomic E-state index is 12.2. The molecule has 0 aliphatic carbocycles. The number of piperidine rings is 1. The lowest BCUT2D eigenvalue weighted by Crippen LogP contribution is -2.45. The number of rotatable bonds is 2. The van der Waals surface area contributed by atoms with Gasteiger partial charge in [0, 0.05) is 18.2 Å². The third kappa shape index (κ3) is 2.62. The van der Waals surface area contributed by atoms with Gasteiger partial charge in [0.1, 0.15) is 0 Å².